The zero-order valence-electron chi connectivity index (χ0n) is 19.0. The van der Waals surface area contributed by atoms with E-state index in [4.69, 9.17) is 9.57 Å². The molecule has 2 amide bonds. The third-order valence-corrected chi connectivity index (χ3v) is 5.45. The Bertz CT molecular complexity index is 905. The third kappa shape index (κ3) is 7.94. The van der Waals surface area contributed by atoms with Crippen LogP contribution in [0.3, 0.4) is 0 Å². The SMILES string of the molecule is CN(C)[C@@H](CCC[n+]1ccccc1)CCOc1ccc(C(=O)ON2C(=O)CCC2=O)cc1.[Br-]. The molecular formula is C24H30BrN3O5. The topological polar surface area (TPSA) is 80.0 Å². The van der Waals surface area contributed by atoms with Crippen LogP contribution in [0, 0.1) is 0 Å². The number of nitrogens with zero attached hydrogens (tertiary/aromatic N) is 3. The molecule has 0 unspecified atom stereocenters. The molecule has 2 aromatic rings. The summed E-state index contributed by atoms with van der Waals surface area (Å²) in [4.78, 5) is 42.4. The van der Waals surface area contributed by atoms with Crippen molar-refractivity contribution in [3.05, 3.63) is 60.4 Å². The van der Waals surface area contributed by atoms with E-state index in [0.29, 0.717) is 23.5 Å². The van der Waals surface area contributed by atoms with E-state index < -0.39 is 17.8 Å². The first-order valence-corrected chi connectivity index (χ1v) is 10.9. The number of hydrogen-bond acceptors (Lipinski definition) is 6. The smallest absolute Gasteiger partial charge is 0.363 e. The second-order valence-electron chi connectivity index (χ2n) is 8.00. The van der Waals surface area contributed by atoms with Gasteiger partial charge in [-0.15, -0.1) is 5.06 Å². The highest BCUT2D eigenvalue weighted by atomic mass is 79.9. The summed E-state index contributed by atoms with van der Waals surface area (Å²) in [5.41, 5.74) is 0.245. The van der Waals surface area contributed by atoms with Crippen molar-refractivity contribution in [3.8, 4) is 5.75 Å². The van der Waals surface area contributed by atoms with Crippen molar-refractivity contribution < 1.29 is 45.5 Å². The van der Waals surface area contributed by atoms with Crippen LogP contribution in [0.1, 0.15) is 42.5 Å². The van der Waals surface area contributed by atoms with Crippen molar-refractivity contribution in [2.24, 2.45) is 0 Å². The first kappa shape index (κ1) is 26.5. The first-order valence-electron chi connectivity index (χ1n) is 10.9. The molecule has 33 heavy (non-hydrogen) atoms. The zero-order valence-corrected chi connectivity index (χ0v) is 20.6. The van der Waals surface area contributed by atoms with Gasteiger partial charge in [0.15, 0.2) is 12.4 Å². The highest BCUT2D eigenvalue weighted by Crippen LogP contribution is 2.17. The lowest BCUT2D eigenvalue weighted by molar-refractivity contribution is -0.697. The lowest BCUT2D eigenvalue weighted by Gasteiger charge is -2.24. The summed E-state index contributed by atoms with van der Waals surface area (Å²) >= 11 is 0. The monoisotopic (exact) mass is 519 g/mol. The van der Waals surface area contributed by atoms with Crippen LogP contribution < -0.4 is 26.3 Å². The molecule has 0 aliphatic carbocycles. The molecule has 178 valence electrons. The van der Waals surface area contributed by atoms with Crippen LogP contribution in [-0.2, 0) is 21.0 Å². The summed E-state index contributed by atoms with van der Waals surface area (Å²) in [6.45, 7) is 1.54. The molecule has 0 spiro atoms. The molecular weight excluding hydrogens is 490 g/mol. The van der Waals surface area contributed by atoms with Crippen molar-refractivity contribution in [3.63, 3.8) is 0 Å². The van der Waals surface area contributed by atoms with Crippen LogP contribution in [0.15, 0.2) is 54.9 Å². The molecule has 1 aromatic carbocycles. The van der Waals surface area contributed by atoms with Gasteiger partial charge in [-0.05, 0) is 51.2 Å². The van der Waals surface area contributed by atoms with Crippen LogP contribution in [-0.4, -0.2) is 54.5 Å². The van der Waals surface area contributed by atoms with Gasteiger partial charge in [0.2, 0.25) is 0 Å². The molecule has 1 aliphatic rings. The fraction of sp³-hybridized carbons (Fsp3) is 0.417. The van der Waals surface area contributed by atoms with E-state index in [9.17, 15) is 14.4 Å². The molecule has 8 nitrogen and oxygen atoms in total. The number of ether oxygens (including phenoxy) is 1. The molecule has 0 radical (unpaired) electrons. The van der Waals surface area contributed by atoms with Crippen molar-refractivity contribution in [1.82, 2.24) is 9.96 Å². The number of amides is 2. The van der Waals surface area contributed by atoms with Gasteiger partial charge in [-0.1, -0.05) is 6.07 Å². The minimum Gasteiger partial charge on any atom is -1.00 e. The van der Waals surface area contributed by atoms with Crippen molar-refractivity contribution in [1.29, 1.82) is 0 Å². The average molecular weight is 520 g/mol. The number of aryl methyl sites for hydroxylation is 1. The maximum Gasteiger partial charge on any atom is 0.363 e. The van der Waals surface area contributed by atoms with Gasteiger partial charge >= 0.3 is 5.97 Å². The Hall–Kier alpha value is -2.78. The zero-order chi connectivity index (χ0) is 22.9. The molecule has 1 saturated heterocycles. The maximum atomic E-state index is 12.2. The van der Waals surface area contributed by atoms with Gasteiger partial charge in [0, 0.05) is 37.4 Å². The number of benzene rings is 1. The Morgan fingerprint density at radius 1 is 1.03 bits per heavy atom. The average Bonchev–Trinajstić information content (AvgIpc) is 3.11. The quantitative estimate of drug-likeness (QED) is 0.290. The summed E-state index contributed by atoms with van der Waals surface area (Å²) in [6.07, 6.45) is 7.32. The first-order chi connectivity index (χ1) is 15.4. The van der Waals surface area contributed by atoms with E-state index in [0.717, 1.165) is 25.8 Å². The van der Waals surface area contributed by atoms with Crippen LogP contribution in [0.25, 0.3) is 0 Å². The summed E-state index contributed by atoms with van der Waals surface area (Å²) in [5.74, 6) is -1.10. The van der Waals surface area contributed by atoms with Crippen LogP contribution in [0.4, 0.5) is 0 Å². The minimum absolute atomic E-state index is 0. The number of halogens is 1. The molecule has 0 saturated carbocycles. The van der Waals surface area contributed by atoms with Crippen molar-refractivity contribution >= 4 is 17.8 Å². The summed E-state index contributed by atoms with van der Waals surface area (Å²) in [5, 5.41) is 0.546. The molecule has 3 rings (SSSR count). The Morgan fingerprint density at radius 2 is 1.67 bits per heavy atom. The molecule has 1 fully saturated rings. The molecule has 1 aromatic heterocycles. The van der Waals surface area contributed by atoms with E-state index in [1.54, 1.807) is 24.3 Å². The largest absolute Gasteiger partial charge is 1.00 e. The van der Waals surface area contributed by atoms with E-state index in [2.05, 4.69) is 36.0 Å². The van der Waals surface area contributed by atoms with Crippen molar-refractivity contribution in [2.75, 3.05) is 20.7 Å². The second kappa shape index (κ2) is 13.1. The highest BCUT2D eigenvalue weighted by Gasteiger charge is 2.33. The lowest BCUT2D eigenvalue weighted by atomic mass is 10.1. The molecule has 0 bridgehead atoms. The van der Waals surface area contributed by atoms with E-state index in [1.807, 2.05) is 18.2 Å². The fourth-order valence-corrected chi connectivity index (χ4v) is 3.55. The summed E-state index contributed by atoms with van der Waals surface area (Å²) in [7, 11) is 4.16. The van der Waals surface area contributed by atoms with E-state index >= 15 is 0 Å². The normalized spacial score (nSPS) is 14.2. The summed E-state index contributed by atoms with van der Waals surface area (Å²) in [6, 6.07) is 13.0. The van der Waals surface area contributed by atoms with E-state index in [-0.39, 0.29) is 35.4 Å². The molecule has 1 aliphatic heterocycles. The van der Waals surface area contributed by atoms with Gasteiger partial charge in [-0.3, -0.25) is 9.59 Å². The third-order valence-electron chi connectivity index (χ3n) is 5.45. The Labute approximate surface area is 204 Å². The van der Waals surface area contributed by atoms with Gasteiger partial charge in [0.1, 0.15) is 12.3 Å². The second-order valence-corrected chi connectivity index (χ2v) is 8.00. The highest BCUT2D eigenvalue weighted by molar-refractivity contribution is 6.02. The maximum absolute atomic E-state index is 12.2. The van der Waals surface area contributed by atoms with Gasteiger partial charge in [-0.2, -0.15) is 0 Å². The number of aromatic nitrogens is 1. The van der Waals surface area contributed by atoms with Crippen LogP contribution in [0.5, 0.6) is 5.75 Å². The Morgan fingerprint density at radius 3 is 2.27 bits per heavy atom. The van der Waals surface area contributed by atoms with Gasteiger partial charge in [0.25, 0.3) is 11.8 Å². The van der Waals surface area contributed by atoms with Crippen LogP contribution >= 0.6 is 0 Å². The van der Waals surface area contributed by atoms with E-state index in [1.165, 1.54) is 0 Å². The molecule has 1 atom stereocenters. The number of hydroxylamine groups is 2. The fourth-order valence-electron chi connectivity index (χ4n) is 3.55. The number of carbonyl (C=O) groups is 3. The lowest BCUT2D eigenvalue weighted by Crippen LogP contribution is -3.00. The predicted octanol–water partition coefficient (Wildman–Crippen LogP) is -0.622. The number of pyridine rings is 1. The number of carbonyl (C=O) groups excluding carboxylic acids is 3. The van der Waals surface area contributed by atoms with Gasteiger partial charge in [0.05, 0.1) is 12.2 Å². The number of hydrogen-bond donors (Lipinski definition) is 0. The molecule has 9 heteroatoms. The Kier molecular flexibility index (Phi) is 10.5. The Balaban J connectivity index is 0.00000385. The summed E-state index contributed by atoms with van der Waals surface area (Å²) < 4.78 is 8.04. The molecule has 2 heterocycles. The van der Waals surface area contributed by atoms with Gasteiger partial charge in [-0.25, -0.2) is 9.36 Å². The molecule has 0 N–H and O–H groups in total. The predicted molar refractivity (Wildman–Crippen MR) is 116 cm³/mol. The number of rotatable bonds is 11. The van der Waals surface area contributed by atoms with Crippen LogP contribution in [0.2, 0.25) is 0 Å². The van der Waals surface area contributed by atoms with Crippen molar-refractivity contribution in [2.45, 2.75) is 44.7 Å². The van der Waals surface area contributed by atoms with Gasteiger partial charge < -0.3 is 31.5 Å². The standard InChI is InChI=1S/C24H30N3O5.BrH/c1-25(2)20(7-6-17-26-15-4-3-5-16-26)14-18-31-21-10-8-19(9-11-21)24(30)32-27-22(28)12-13-23(27)29;/h3-5,8-11,15-16,20H,6-7,12-14,17-18H2,1-2H3;1H/q+1;/p-1/t20-;/m0./s1. The number of imide groups is 1. The minimum atomic E-state index is -0.746.